The Balaban J connectivity index is 3.60. The topological polar surface area (TPSA) is 35.5 Å². The molecule has 5 heteroatoms. The van der Waals surface area contributed by atoms with Gasteiger partial charge in [0.25, 0.3) is 11.4 Å². The molecular formula is C4H12O3SSi. The highest BCUT2D eigenvalue weighted by Gasteiger charge is 2.18. The molecule has 9 heavy (non-hydrogen) atoms. The van der Waals surface area contributed by atoms with Crippen LogP contribution >= 0.6 is 0 Å². The third-order valence-corrected chi connectivity index (χ3v) is 3.27. The van der Waals surface area contributed by atoms with Crippen molar-refractivity contribution in [1.29, 1.82) is 0 Å². The molecule has 1 unspecified atom stereocenters. The Morgan fingerprint density at radius 1 is 1.33 bits per heavy atom. The van der Waals surface area contributed by atoms with Gasteiger partial charge in [-0.2, -0.15) is 4.21 Å². The van der Waals surface area contributed by atoms with Crippen LogP contribution in [-0.4, -0.2) is 19.6 Å². The Hall–Kier alpha value is 0.287. The lowest BCUT2D eigenvalue weighted by Gasteiger charge is -2.12. The molecule has 0 N–H and O–H groups in total. The standard InChI is InChI=1S/C4H12O3SSi/c1-6-8(5)7-9(2,3)4/h1-4H3. The Bertz CT molecular complexity index is 109. The maximum atomic E-state index is 10.5. The van der Waals surface area contributed by atoms with Crippen LogP contribution in [0.25, 0.3) is 0 Å². The van der Waals surface area contributed by atoms with Crippen molar-refractivity contribution in [2.24, 2.45) is 0 Å². The predicted octanol–water partition coefficient (Wildman–Crippen LogP) is 1.06. The van der Waals surface area contributed by atoms with Gasteiger partial charge in [-0.3, -0.25) is 4.18 Å². The van der Waals surface area contributed by atoms with Gasteiger partial charge >= 0.3 is 0 Å². The lowest BCUT2D eigenvalue weighted by molar-refractivity contribution is 0.382. The average molecular weight is 168 g/mol. The second kappa shape index (κ2) is 3.45. The Labute approximate surface area is 59.4 Å². The molecule has 0 bridgehead atoms. The van der Waals surface area contributed by atoms with Crippen LogP contribution in [0, 0.1) is 0 Å². The molecule has 0 spiro atoms. The third kappa shape index (κ3) is 6.17. The third-order valence-electron chi connectivity index (χ3n) is 0.454. The average Bonchev–Trinajstić information content (AvgIpc) is 1.62. The van der Waals surface area contributed by atoms with Crippen LogP contribution in [0.1, 0.15) is 0 Å². The van der Waals surface area contributed by atoms with E-state index in [-0.39, 0.29) is 0 Å². The van der Waals surface area contributed by atoms with Gasteiger partial charge in [0.2, 0.25) is 8.32 Å². The van der Waals surface area contributed by atoms with Crippen molar-refractivity contribution in [3.05, 3.63) is 0 Å². The molecular weight excluding hydrogens is 156 g/mol. The zero-order chi connectivity index (χ0) is 7.49. The first kappa shape index (κ1) is 9.29. The highest BCUT2D eigenvalue weighted by atomic mass is 32.2. The predicted molar refractivity (Wildman–Crippen MR) is 39.6 cm³/mol. The summed E-state index contributed by atoms with van der Waals surface area (Å²) in [6.07, 6.45) is 0. The second-order valence-electron chi connectivity index (χ2n) is 2.57. The first-order valence-corrected chi connectivity index (χ1v) is 7.02. The van der Waals surface area contributed by atoms with E-state index < -0.39 is 19.7 Å². The summed E-state index contributed by atoms with van der Waals surface area (Å²) in [7, 11) is -0.309. The number of hydrogen-bond donors (Lipinski definition) is 0. The zero-order valence-corrected chi connectivity index (χ0v) is 7.95. The Morgan fingerprint density at radius 2 is 1.78 bits per heavy atom. The maximum Gasteiger partial charge on any atom is 0.293 e. The lowest BCUT2D eigenvalue weighted by Crippen LogP contribution is -2.26. The van der Waals surface area contributed by atoms with E-state index in [0.717, 1.165) is 0 Å². The molecule has 0 radical (unpaired) electrons. The molecule has 0 fully saturated rings. The highest BCUT2D eigenvalue weighted by Crippen LogP contribution is 2.04. The van der Waals surface area contributed by atoms with E-state index in [4.69, 9.17) is 3.87 Å². The first-order chi connectivity index (χ1) is 3.95. The van der Waals surface area contributed by atoms with Crippen molar-refractivity contribution in [1.82, 2.24) is 0 Å². The number of hydrogen-bond acceptors (Lipinski definition) is 3. The van der Waals surface area contributed by atoms with Crippen LogP contribution in [0.3, 0.4) is 0 Å². The van der Waals surface area contributed by atoms with Gasteiger partial charge in [-0.25, -0.2) is 0 Å². The van der Waals surface area contributed by atoms with Gasteiger partial charge in [-0.15, -0.1) is 0 Å². The van der Waals surface area contributed by atoms with Crippen molar-refractivity contribution >= 4 is 19.7 Å². The fourth-order valence-corrected chi connectivity index (χ4v) is 2.14. The van der Waals surface area contributed by atoms with Crippen LogP contribution in [0.4, 0.5) is 0 Å². The quantitative estimate of drug-likeness (QED) is 0.591. The van der Waals surface area contributed by atoms with E-state index in [1.807, 2.05) is 19.6 Å². The van der Waals surface area contributed by atoms with Crippen molar-refractivity contribution < 1.29 is 12.3 Å². The van der Waals surface area contributed by atoms with Gasteiger partial charge in [-0.05, 0) is 19.6 Å². The Morgan fingerprint density at radius 3 is 1.89 bits per heavy atom. The molecule has 0 heterocycles. The smallest absolute Gasteiger partial charge is 0.293 e. The second-order valence-corrected chi connectivity index (χ2v) is 8.20. The van der Waals surface area contributed by atoms with Crippen molar-refractivity contribution in [3.63, 3.8) is 0 Å². The minimum Gasteiger partial charge on any atom is -0.314 e. The van der Waals surface area contributed by atoms with E-state index in [2.05, 4.69) is 4.18 Å². The molecule has 0 rings (SSSR count). The molecule has 3 nitrogen and oxygen atoms in total. The van der Waals surface area contributed by atoms with Crippen LogP contribution in [-0.2, 0) is 19.4 Å². The summed E-state index contributed by atoms with van der Waals surface area (Å²) in [4.78, 5) is 0. The van der Waals surface area contributed by atoms with E-state index >= 15 is 0 Å². The van der Waals surface area contributed by atoms with Gasteiger partial charge in [-0.1, -0.05) is 0 Å². The van der Waals surface area contributed by atoms with E-state index in [0.29, 0.717) is 0 Å². The minimum absolute atomic E-state index is 1.36. The molecule has 1 atom stereocenters. The molecule has 0 aromatic heterocycles. The monoisotopic (exact) mass is 168 g/mol. The summed E-state index contributed by atoms with van der Waals surface area (Å²) in [6.45, 7) is 5.84. The van der Waals surface area contributed by atoms with Gasteiger partial charge in [0.05, 0.1) is 7.11 Å². The van der Waals surface area contributed by atoms with Crippen LogP contribution in [0.15, 0.2) is 0 Å². The molecule has 0 saturated heterocycles. The fraction of sp³-hybridized carbons (Fsp3) is 1.00. The van der Waals surface area contributed by atoms with Crippen molar-refractivity contribution in [2.45, 2.75) is 19.6 Å². The fourth-order valence-electron chi connectivity index (χ4n) is 0.238. The number of rotatable bonds is 3. The van der Waals surface area contributed by atoms with Crippen LogP contribution in [0.5, 0.6) is 0 Å². The largest absolute Gasteiger partial charge is 0.314 e. The molecule has 0 aromatic carbocycles. The van der Waals surface area contributed by atoms with Gasteiger partial charge in [0.15, 0.2) is 0 Å². The summed E-state index contributed by atoms with van der Waals surface area (Å²) in [5.41, 5.74) is 0. The summed E-state index contributed by atoms with van der Waals surface area (Å²) in [5.74, 6) is 0. The zero-order valence-electron chi connectivity index (χ0n) is 6.13. The van der Waals surface area contributed by atoms with E-state index in [9.17, 15) is 4.21 Å². The maximum absolute atomic E-state index is 10.5. The van der Waals surface area contributed by atoms with Gasteiger partial charge < -0.3 is 3.87 Å². The molecule has 0 amide bonds. The SMILES string of the molecule is COS(=O)O[Si](C)(C)C. The molecule has 0 aliphatic rings. The lowest BCUT2D eigenvalue weighted by atomic mass is 11.8. The van der Waals surface area contributed by atoms with Crippen molar-refractivity contribution in [2.75, 3.05) is 7.11 Å². The summed E-state index contributed by atoms with van der Waals surface area (Å²) in [6, 6.07) is 0. The summed E-state index contributed by atoms with van der Waals surface area (Å²) < 4.78 is 19.9. The van der Waals surface area contributed by atoms with Crippen molar-refractivity contribution in [3.8, 4) is 0 Å². The normalized spacial score (nSPS) is 15.6. The molecule has 0 aliphatic heterocycles. The van der Waals surface area contributed by atoms with Gasteiger partial charge in [0.1, 0.15) is 0 Å². The Kier molecular flexibility index (Phi) is 3.56. The highest BCUT2D eigenvalue weighted by molar-refractivity contribution is 7.76. The molecule has 0 saturated carbocycles. The molecule has 56 valence electrons. The molecule has 0 aliphatic carbocycles. The van der Waals surface area contributed by atoms with Gasteiger partial charge in [0, 0.05) is 0 Å². The van der Waals surface area contributed by atoms with E-state index in [1.165, 1.54) is 7.11 Å². The first-order valence-electron chi connectivity index (χ1n) is 2.61. The van der Waals surface area contributed by atoms with Crippen LogP contribution < -0.4 is 0 Å². The van der Waals surface area contributed by atoms with Crippen LogP contribution in [0.2, 0.25) is 19.6 Å². The molecule has 0 aromatic rings. The van der Waals surface area contributed by atoms with E-state index in [1.54, 1.807) is 0 Å². The summed E-state index contributed by atoms with van der Waals surface area (Å²) in [5, 5.41) is 0. The minimum atomic E-state index is -1.67. The summed E-state index contributed by atoms with van der Waals surface area (Å²) >= 11 is -1.53.